The highest BCUT2D eigenvalue weighted by Crippen LogP contribution is 2.40. The smallest absolute Gasteiger partial charge is 0.179 e. The molecule has 0 saturated carbocycles. The van der Waals surface area contributed by atoms with Crippen LogP contribution in [0.25, 0.3) is 0 Å². The molecule has 0 bridgehead atoms. The molecule has 1 heterocycles. The van der Waals surface area contributed by atoms with Crippen molar-refractivity contribution in [3.63, 3.8) is 0 Å². The number of fused-ring (bicyclic) bond motifs is 1. The molecule has 5 heteroatoms. The average molecular weight is 290 g/mol. The second-order valence-corrected chi connectivity index (χ2v) is 6.56. The summed E-state index contributed by atoms with van der Waals surface area (Å²) >= 11 is 3.40. The quantitative estimate of drug-likeness (QED) is 0.901. The zero-order chi connectivity index (χ0) is 11.1. The van der Waals surface area contributed by atoms with Crippen molar-refractivity contribution in [3.05, 3.63) is 28.2 Å². The molecule has 1 unspecified atom stereocenters. The van der Waals surface area contributed by atoms with Crippen molar-refractivity contribution in [1.82, 2.24) is 0 Å². The van der Waals surface area contributed by atoms with E-state index in [-0.39, 0.29) is 11.7 Å². The van der Waals surface area contributed by atoms with E-state index in [4.69, 9.17) is 5.73 Å². The van der Waals surface area contributed by atoms with Crippen LogP contribution in [-0.4, -0.2) is 20.7 Å². The van der Waals surface area contributed by atoms with E-state index in [1.165, 1.54) is 0 Å². The molecule has 82 valence electrons. The molecule has 15 heavy (non-hydrogen) atoms. The van der Waals surface area contributed by atoms with Crippen LogP contribution in [0.2, 0.25) is 0 Å². The summed E-state index contributed by atoms with van der Waals surface area (Å²) in [4.78, 5) is 0.468. The Kier molecular flexibility index (Phi) is 2.87. The van der Waals surface area contributed by atoms with Gasteiger partial charge in [-0.25, -0.2) is 8.42 Å². The van der Waals surface area contributed by atoms with Gasteiger partial charge in [-0.15, -0.1) is 0 Å². The summed E-state index contributed by atoms with van der Waals surface area (Å²) in [7, 11) is -3.09. The predicted octanol–water partition coefficient (Wildman–Crippen LogP) is 1.67. The molecule has 1 aliphatic rings. The van der Waals surface area contributed by atoms with E-state index in [9.17, 15) is 8.42 Å². The second kappa shape index (κ2) is 3.88. The zero-order valence-corrected chi connectivity index (χ0v) is 10.5. The molecule has 1 aromatic rings. The van der Waals surface area contributed by atoms with Crippen LogP contribution in [0.1, 0.15) is 17.9 Å². The summed E-state index contributed by atoms with van der Waals surface area (Å²) in [5.41, 5.74) is 6.40. The summed E-state index contributed by atoms with van der Waals surface area (Å²) in [6.45, 7) is 0.515. The van der Waals surface area contributed by atoms with Gasteiger partial charge < -0.3 is 5.73 Å². The minimum Gasteiger partial charge on any atom is -0.330 e. The Morgan fingerprint density at radius 1 is 1.47 bits per heavy atom. The van der Waals surface area contributed by atoms with Gasteiger partial charge in [0.05, 0.1) is 10.6 Å². The molecule has 0 saturated heterocycles. The van der Waals surface area contributed by atoms with Gasteiger partial charge >= 0.3 is 0 Å². The highest BCUT2D eigenvalue weighted by molar-refractivity contribution is 9.10. The highest BCUT2D eigenvalue weighted by Gasteiger charge is 2.35. The first kappa shape index (κ1) is 11.1. The van der Waals surface area contributed by atoms with E-state index in [1.807, 2.05) is 6.07 Å². The standard InChI is InChI=1S/C10H12BrNO2S/c11-8-2-1-3-9-10(8)7(4-5-12)6-15(9,13)14/h1-3,7H,4-6,12H2. The normalized spacial score (nSPS) is 22.7. The van der Waals surface area contributed by atoms with Crippen LogP contribution in [0.15, 0.2) is 27.6 Å². The van der Waals surface area contributed by atoms with Gasteiger partial charge in [-0.1, -0.05) is 22.0 Å². The van der Waals surface area contributed by atoms with Crippen molar-refractivity contribution in [2.75, 3.05) is 12.3 Å². The Morgan fingerprint density at radius 3 is 2.87 bits per heavy atom. The van der Waals surface area contributed by atoms with Gasteiger partial charge in [0.2, 0.25) is 0 Å². The maximum Gasteiger partial charge on any atom is 0.179 e. The molecule has 0 spiro atoms. The van der Waals surface area contributed by atoms with Gasteiger partial charge in [-0.05, 0) is 30.7 Å². The van der Waals surface area contributed by atoms with Crippen LogP contribution in [0.4, 0.5) is 0 Å². The summed E-state index contributed by atoms with van der Waals surface area (Å²) in [5, 5.41) is 0. The van der Waals surface area contributed by atoms with Crippen LogP contribution >= 0.6 is 15.9 Å². The molecule has 2 N–H and O–H groups in total. The molecular formula is C10H12BrNO2S. The van der Waals surface area contributed by atoms with Gasteiger partial charge in [-0.3, -0.25) is 0 Å². The molecule has 0 fully saturated rings. The van der Waals surface area contributed by atoms with Gasteiger partial charge in [0.1, 0.15) is 0 Å². The first-order chi connectivity index (χ1) is 7.06. The maximum atomic E-state index is 11.8. The molecule has 0 aliphatic carbocycles. The van der Waals surface area contributed by atoms with E-state index in [1.54, 1.807) is 12.1 Å². The summed E-state index contributed by atoms with van der Waals surface area (Å²) in [6, 6.07) is 5.31. The second-order valence-electron chi connectivity index (χ2n) is 3.71. The van der Waals surface area contributed by atoms with E-state index in [0.29, 0.717) is 11.4 Å². The first-order valence-corrected chi connectivity index (χ1v) is 7.22. The molecule has 2 rings (SSSR count). The number of benzene rings is 1. The molecule has 0 aromatic heterocycles. The zero-order valence-electron chi connectivity index (χ0n) is 8.11. The molecule has 3 nitrogen and oxygen atoms in total. The summed E-state index contributed by atoms with van der Waals surface area (Å²) in [5.74, 6) is 0.243. The van der Waals surface area contributed by atoms with Gasteiger partial charge in [-0.2, -0.15) is 0 Å². The van der Waals surface area contributed by atoms with Crippen molar-refractivity contribution < 1.29 is 8.42 Å². The van der Waals surface area contributed by atoms with Crippen molar-refractivity contribution in [2.45, 2.75) is 17.2 Å². The van der Waals surface area contributed by atoms with Gasteiger partial charge in [0.15, 0.2) is 9.84 Å². The molecule has 1 atom stereocenters. The Labute approximate surface area is 97.7 Å². The third kappa shape index (κ3) is 1.84. The van der Waals surface area contributed by atoms with Crippen molar-refractivity contribution in [3.8, 4) is 0 Å². The number of hydrogen-bond acceptors (Lipinski definition) is 3. The average Bonchev–Trinajstić information content (AvgIpc) is 2.41. The Hall–Kier alpha value is -0.390. The number of sulfone groups is 1. The van der Waals surface area contributed by atoms with Crippen molar-refractivity contribution in [1.29, 1.82) is 0 Å². The highest BCUT2D eigenvalue weighted by atomic mass is 79.9. The van der Waals surface area contributed by atoms with Crippen molar-refractivity contribution >= 4 is 25.8 Å². The summed E-state index contributed by atoms with van der Waals surface area (Å²) in [6.07, 6.45) is 0.717. The van der Waals surface area contributed by atoms with Gasteiger partial charge in [0, 0.05) is 10.4 Å². The van der Waals surface area contributed by atoms with Gasteiger partial charge in [0.25, 0.3) is 0 Å². The number of hydrogen-bond donors (Lipinski definition) is 1. The van der Waals surface area contributed by atoms with Crippen molar-refractivity contribution in [2.24, 2.45) is 5.73 Å². The topological polar surface area (TPSA) is 60.2 Å². The van der Waals surface area contributed by atoms with E-state index in [0.717, 1.165) is 16.5 Å². The SMILES string of the molecule is NCCC1CS(=O)(=O)c2cccc(Br)c21. The number of rotatable bonds is 2. The Morgan fingerprint density at radius 2 is 2.20 bits per heavy atom. The third-order valence-corrected chi connectivity index (χ3v) is 5.25. The van der Waals surface area contributed by atoms with E-state index in [2.05, 4.69) is 15.9 Å². The predicted molar refractivity (Wildman–Crippen MR) is 62.6 cm³/mol. The van der Waals surface area contributed by atoms with E-state index >= 15 is 0 Å². The first-order valence-electron chi connectivity index (χ1n) is 4.77. The fourth-order valence-corrected chi connectivity index (χ4v) is 4.81. The van der Waals surface area contributed by atoms with Crippen LogP contribution in [0.5, 0.6) is 0 Å². The monoisotopic (exact) mass is 289 g/mol. The van der Waals surface area contributed by atoms with Crippen LogP contribution < -0.4 is 5.73 Å². The van der Waals surface area contributed by atoms with Crippen LogP contribution in [0, 0.1) is 0 Å². The number of halogens is 1. The largest absolute Gasteiger partial charge is 0.330 e. The minimum absolute atomic E-state index is 0.0468. The molecule has 1 aromatic carbocycles. The minimum atomic E-state index is -3.09. The summed E-state index contributed by atoms with van der Waals surface area (Å²) < 4.78 is 24.5. The maximum absolute atomic E-state index is 11.8. The molecule has 0 amide bonds. The van der Waals surface area contributed by atoms with Crippen LogP contribution in [-0.2, 0) is 9.84 Å². The lowest BCUT2D eigenvalue weighted by atomic mass is 9.98. The van der Waals surface area contributed by atoms with E-state index < -0.39 is 9.84 Å². The molecule has 0 radical (unpaired) electrons. The number of nitrogens with two attached hydrogens (primary N) is 1. The lowest BCUT2D eigenvalue weighted by molar-refractivity contribution is 0.595. The molecular weight excluding hydrogens is 278 g/mol. The Bertz CT molecular complexity index is 484. The lowest BCUT2D eigenvalue weighted by Gasteiger charge is -2.09. The Balaban J connectivity index is 2.59. The molecule has 1 aliphatic heterocycles. The van der Waals surface area contributed by atoms with Crippen LogP contribution in [0.3, 0.4) is 0 Å². The fraction of sp³-hybridized carbons (Fsp3) is 0.400. The lowest BCUT2D eigenvalue weighted by Crippen LogP contribution is -2.09. The fourth-order valence-electron chi connectivity index (χ4n) is 2.05. The third-order valence-electron chi connectivity index (χ3n) is 2.69.